The van der Waals surface area contributed by atoms with Gasteiger partial charge in [0.05, 0.1) is 6.61 Å². The maximum Gasteiger partial charge on any atom is 0.164 e. The lowest BCUT2D eigenvalue weighted by atomic mass is 10.2. The molecule has 11 heavy (non-hydrogen) atoms. The van der Waals surface area contributed by atoms with Crippen LogP contribution in [0, 0.1) is 0 Å². The van der Waals surface area contributed by atoms with Gasteiger partial charge in [-0.15, -0.1) is 0 Å². The first-order valence-electron chi connectivity index (χ1n) is 4.03. The van der Waals surface area contributed by atoms with E-state index in [2.05, 4.69) is 0 Å². The van der Waals surface area contributed by atoms with E-state index in [1.54, 1.807) is 6.66 Å². The number of hydrogen-bond donors (Lipinski definition) is 2. The summed E-state index contributed by atoms with van der Waals surface area (Å²) < 4.78 is 5.01. The topological polar surface area (TPSA) is 55.5 Å². The Bertz CT molecular complexity index is 80.8. The fourth-order valence-electron chi connectivity index (χ4n) is 0.797. The number of rotatable bonds is 7. The Kier molecular flexibility index (Phi) is 8.64. The summed E-state index contributed by atoms with van der Waals surface area (Å²) in [6.45, 7) is 3.15. The van der Waals surface area contributed by atoms with Gasteiger partial charge in [0.15, 0.2) is 8.38 Å². The van der Waals surface area contributed by atoms with Gasteiger partial charge in [0.25, 0.3) is 0 Å². The van der Waals surface area contributed by atoms with E-state index in [9.17, 15) is 0 Å². The van der Waals surface area contributed by atoms with Crippen molar-refractivity contribution in [1.82, 2.24) is 0 Å². The lowest BCUT2D eigenvalue weighted by molar-refractivity contribution is 0.302. The third-order valence-electron chi connectivity index (χ3n) is 1.38. The van der Waals surface area contributed by atoms with E-state index in [4.69, 9.17) is 15.2 Å². The van der Waals surface area contributed by atoms with Crippen LogP contribution >= 0.6 is 8.38 Å². The van der Waals surface area contributed by atoms with Crippen LogP contribution in [0.15, 0.2) is 0 Å². The molecular weight excluding hydrogens is 161 g/mol. The summed E-state index contributed by atoms with van der Waals surface area (Å²) in [6, 6.07) is 0. The van der Waals surface area contributed by atoms with E-state index in [1.807, 2.05) is 0 Å². The molecule has 0 aromatic carbocycles. The van der Waals surface area contributed by atoms with Gasteiger partial charge >= 0.3 is 0 Å². The minimum atomic E-state index is -1.15. The van der Waals surface area contributed by atoms with Crippen LogP contribution in [0.4, 0.5) is 0 Å². The van der Waals surface area contributed by atoms with E-state index in [1.165, 1.54) is 6.42 Å². The first-order chi connectivity index (χ1) is 5.27. The molecule has 0 saturated heterocycles. The van der Waals surface area contributed by atoms with Gasteiger partial charge in [0.1, 0.15) is 0 Å². The molecule has 0 aliphatic carbocycles. The number of nitrogens with two attached hydrogens (primary N) is 1. The zero-order chi connectivity index (χ0) is 8.53. The predicted octanol–water partition coefficient (Wildman–Crippen LogP) is 1.46. The number of hydrogen-bond acceptors (Lipinski definition) is 3. The summed E-state index contributed by atoms with van der Waals surface area (Å²) in [5, 5.41) is 0. The molecule has 0 aromatic heterocycles. The highest BCUT2D eigenvalue weighted by molar-refractivity contribution is 7.45. The average Bonchev–Trinajstić information content (AvgIpc) is 1.96. The molecule has 0 rings (SSSR count). The van der Waals surface area contributed by atoms with Gasteiger partial charge in [0.2, 0.25) is 0 Å². The fraction of sp³-hybridized carbons (Fsp3) is 1.00. The van der Waals surface area contributed by atoms with Gasteiger partial charge in [-0.3, -0.25) is 0 Å². The van der Waals surface area contributed by atoms with Crippen molar-refractivity contribution in [2.24, 2.45) is 5.73 Å². The molecule has 0 aromatic rings. The third-order valence-corrected chi connectivity index (χ3v) is 1.93. The molecule has 0 fully saturated rings. The van der Waals surface area contributed by atoms with Crippen LogP contribution in [0.1, 0.15) is 25.7 Å². The molecule has 4 heteroatoms. The van der Waals surface area contributed by atoms with E-state index >= 15 is 0 Å². The van der Waals surface area contributed by atoms with Crippen molar-refractivity contribution >= 4 is 8.38 Å². The highest BCUT2D eigenvalue weighted by Gasteiger charge is 1.94. The molecule has 0 radical (unpaired) electrons. The molecule has 0 aliphatic rings. The van der Waals surface area contributed by atoms with Crippen LogP contribution in [-0.2, 0) is 4.52 Å². The van der Waals surface area contributed by atoms with Gasteiger partial charge < -0.3 is 15.2 Å². The molecule has 3 N–H and O–H groups in total. The smallest absolute Gasteiger partial charge is 0.164 e. The zero-order valence-electron chi connectivity index (χ0n) is 7.12. The van der Waals surface area contributed by atoms with Gasteiger partial charge in [-0.1, -0.05) is 12.8 Å². The van der Waals surface area contributed by atoms with Gasteiger partial charge in [0, 0.05) is 6.66 Å². The van der Waals surface area contributed by atoms with Crippen LogP contribution in [0.2, 0.25) is 0 Å². The first kappa shape index (κ1) is 11.3. The Morgan fingerprint density at radius 1 is 1.27 bits per heavy atom. The summed E-state index contributed by atoms with van der Waals surface area (Å²) >= 11 is 0. The van der Waals surface area contributed by atoms with E-state index < -0.39 is 8.38 Å². The molecule has 0 heterocycles. The molecule has 0 spiro atoms. The molecule has 0 amide bonds. The first-order valence-corrected chi connectivity index (χ1v) is 5.69. The molecule has 0 aliphatic heterocycles. The minimum Gasteiger partial charge on any atom is -0.350 e. The normalized spacial score (nSPS) is 13.4. The molecule has 0 bridgehead atoms. The van der Waals surface area contributed by atoms with Crippen LogP contribution in [0.3, 0.4) is 0 Å². The summed E-state index contributed by atoms with van der Waals surface area (Å²) in [5.74, 6) is 0. The predicted molar refractivity (Wildman–Crippen MR) is 48.5 cm³/mol. The Hall–Kier alpha value is 0.310. The Morgan fingerprint density at radius 3 is 2.45 bits per heavy atom. The number of unbranched alkanes of at least 4 members (excludes halogenated alkanes) is 3. The average molecular weight is 179 g/mol. The molecule has 3 nitrogen and oxygen atoms in total. The molecule has 1 unspecified atom stereocenters. The molecule has 68 valence electrons. The maximum atomic E-state index is 8.78. The van der Waals surface area contributed by atoms with Crippen molar-refractivity contribution in [3.63, 3.8) is 0 Å². The maximum absolute atomic E-state index is 8.78. The lowest BCUT2D eigenvalue weighted by Gasteiger charge is -2.04. The van der Waals surface area contributed by atoms with Crippen molar-refractivity contribution in [2.45, 2.75) is 25.7 Å². The second kappa shape index (κ2) is 8.41. The Balaban J connectivity index is 2.80. The monoisotopic (exact) mass is 179 g/mol. The zero-order valence-corrected chi connectivity index (χ0v) is 8.02. The fourth-order valence-corrected chi connectivity index (χ4v) is 1.19. The van der Waals surface area contributed by atoms with Crippen molar-refractivity contribution in [3.05, 3.63) is 0 Å². The quantitative estimate of drug-likeness (QED) is 0.459. The molecule has 0 saturated carbocycles. The third kappa shape index (κ3) is 10.3. The van der Waals surface area contributed by atoms with Crippen LogP contribution < -0.4 is 5.73 Å². The lowest BCUT2D eigenvalue weighted by Crippen LogP contribution is -1.98. The van der Waals surface area contributed by atoms with Crippen molar-refractivity contribution in [3.8, 4) is 0 Å². The Morgan fingerprint density at radius 2 is 1.91 bits per heavy atom. The highest BCUT2D eigenvalue weighted by atomic mass is 31.2. The molecular formula is C7H18NO2P. The van der Waals surface area contributed by atoms with Gasteiger partial charge in [-0.2, -0.15) is 0 Å². The van der Waals surface area contributed by atoms with Gasteiger partial charge in [-0.05, 0) is 19.4 Å². The van der Waals surface area contributed by atoms with E-state index in [0.717, 1.165) is 25.8 Å². The van der Waals surface area contributed by atoms with Crippen molar-refractivity contribution < 1.29 is 9.42 Å². The summed E-state index contributed by atoms with van der Waals surface area (Å²) in [4.78, 5) is 8.78. The second-order valence-electron chi connectivity index (χ2n) is 2.50. The summed E-state index contributed by atoms with van der Waals surface area (Å²) in [7, 11) is -1.15. The Labute approximate surface area is 69.8 Å². The van der Waals surface area contributed by atoms with Crippen molar-refractivity contribution in [1.29, 1.82) is 0 Å². The van der Waals surface area contributed by atoms with Crippen molar-refractivity contribution in [2.75, 3.05) is 19.8 Å². The second-order valence-corrected chi connectivity index (χ2v) is 3.69. The van der Waals surface area contributed by atoms with E-state index in [0.29, 0.717) is 6.61 Å². The minimum absolute atomic E-state index is 0.684. The largest absolute Gasteiger partial charge is 0.350 e. The molecule has 1 atom stereocenters. The SMILES string of the molecule is CP(O)OCCCCCCN. The van der Waals surface area contributed by atoms with Gasteiger partial charge in [-0.25, -0.2) is 0 Å². The van der Waals surface area contributed by atoms with Crippen LogP contribution in [-0.4, -0.2) is 24.7 Å². The van der Waals surface area contributed by atoms with E-state index in [-0.39, 0.29) is 0 Å². The van der Waals surface area contributed by atoms with Crippen LogP contribution in [0.25, 0.3) is 0 Å². The summed E-state index contributed by atoms with van der Waals surface area (Å²) in [6.07, 6.45) is 4.46. The summed E-state index contributed by atoms with van der Waals surface area (Å²) in [5.41, 5.74) is 5.32. The van der Waals surface area contributed by atoms with Crippen LogP contribution in [0.5, 0.6) is 0 Å². The standard InChI is InChI=1S/C7H18NO2P/c1-11(9)10-7-5-3-2-4-6-8/h9H,2-8H2,1H3. The highest BCUT2D eigenvalue weighted by Crippen LogP contribution is 2.25.